The lowest BCUT2D eigenvalue weighted by Gasteiger charge is -2.18. The van der Waals surface area contributed by atoms with Crippen LogP contribution in [0.1, 0.15) is 37.3 Å². The molecule has 1 fully saturated rings. The third-order valence-electron chi connectivity index (χ3n) is 3.95. The molecule has 1 aliphatic rings. The molecule has 7 nitrogen and oxygen atoms in total. The fraction of sp³-hybridized carbons (Fsp3) is 0.571. The standard InChI is InChI=1S/C14H21N5O2S/c1-4-19-12(9-10(2)16-19)22(20,21)17-13(11-5-6-11)14-15-7-8-18(14)3/h7-9,11,13,17H,4-6H2,1-3H3. The molecule has 1 atom stereocenters. The highest BCUT2D eigenvalue weighted by atomic mass is 32.2. The van der Waals surface area contributed by atoms with Gasteiger partial charge in [0, 0.05) is 26.0 Å². The average molecular weight is 323 g/mol. The number of imidazole rings is 1. The Morgan fingerprint density at radius 3 is 2.73 bits per heavy atom. The lowest BCUT2D eigenvalue weighted by atomic mass is 10.2. The SMILES string of the molecule is CCn1nc(C)cc1S(=O)(=O)NC(c1nccn1C)C1CC1. The quantitative estimate of drug-likeness (QED) is 0.870. The third kappa shape index (κ3) is 2.80. The van der Waals surface area contributed by atoms with E-state index >= 15 is 0 Å². The molecule has 1 aliphatic carbocycles. The van der Waals surface area contributed by atoms with Gasteiger partial charge in [0.2, 0.25) is 0 Å². The highest BCUT2D eigenvalue weighted by molar-refractivity contribution is 7.89. The van der Waals surface area contributed by atoms with Gasteiger partial charge in [-0.3, -0.25) is 4.68 Å². The van der Waals surface area contributed by atoms with Crippen molar-refractivity contribution < 1.29 is 8.42 Å². The van der Waals surface area contributed by atoms with Crippen molar-refractivity contribution in [2.24, 2.45) is 13.0 Å². The van der Waals surface area contributed by atoms with E-state index in [2.05, 4.69) is 14.8 Å². The van der Waals surface area contributed by atoms with Crippen LogP contribution in [0.2, 0.25) is 0 Å². The monoisotopic (exact) mass is 323 g/mol. The Morgan fingerprint density at radius 2 is 2.18 bits per heavy atom. The molecule has 1 saturated carbocycles. The molecule has 1 N–H and O–H groups in total. The van der Waals surface area contributed by atoms with E-state index in [4.69, 9.17) is 0 Å². The second-order valence-electron chi connectivity index (χ2n) is 5.77. The molecule has 0 aromatic carbocycles. The van der Waals surface area contributed by atoms with E-state index in [9.17, 15) is 8.42 Å². The number of hydrogen-bond acceptors (Lipinski definition) is 4. The second-order valence-corrected chi connectivity index (χ2v) is 7.43. The third-order valence-corrected chi connectivity index (χ3v) is 5.40. The van der Waals surface area contributed by atoms with Gasteiger partial charge in [-0.05, 0) is 38.7 Å². The van der Waals surface area contributed by atoms with E-state index in [0.717, 1.165) is 18.7 Å². The lowest BCUT2D eigenvalue weighted by molar-refractivity contribution is 0.489. The van der Waals surface area contributed by atoms with Crippen molar-refractivity contribution in [1.82, 2.24) is 24.1 Å². The highest BCUT2D eigenvalue weighted by Crippen LogP contribution is 2.41. The number of aromatic nitrogens is 4. The van der Waals surface area contributed by atoms with Crippen molar-refractivity contribution in [3.63, 3.8) is 0 Å². The van der Waals surface area contributed by atoms with E-state index in [-0.39, 0.29) is 11.1 Å². The van der Waals surface area contributed by atoms with Gasteiger partial charge in [0.1, 0.15) is 5.82 Å². The lowest BCUT2D eigenvalue weighted by Crippen LogP contribution is -2.33. The van der Waals surface area contributed by atoms with Crippen molar-refractivity contribution in [2.45, 2.75) is 44.3 Å². The molecule has 0 amide bonds. The Morgan fingerprint density at radius 1 is 1.45 bits per heavy atom. The summed E-state index contributed by atoms with van der Waals surface area (Å²) in [4.78, 5) is 4.32. The first-order valence-corrected chi connectivity index (χ1v) is 8.94. The topological polar surface area (TPSA) is 81.8 Å². The Hall–Kier alpha value is -1.67. The molecule has 2 heterocycles. The van der Waals surface area contributed by atoms with Crippen LogP contribution in [0.3, 0.4) is 0 Å². The maximum absolute atomic E-state index is 12.8. The van der Waals surface area contributed by atoms with Crippen molar-refractivity contribution >= 4 is 10.0 Å². The molecule has 2 aromatic rings. The largest absolute Gasteiger partial charge is 0.337 e. The van der Waals surface area contributed by atoms with Crippen LogP contribution in [0, 0.1) is 12.8 Å². The number of hydrogen-bond donors (Lipinski definition) is 1. The fourth-order valence-corrected chi connectivity index (χ4v) is 4.18. The molecule has 0 bridgehead atoms. The number of sulfonamides is 1. The molecule has 0 spiro atoms. The summed E-state index contributed by atoms with van der Waals surface area (Å²) in [6.45, 7) is 4.19. The highest BCUT2D eigenvalue weighted by Gasteiger charge is 2.38. The summed E-state index contributed by atoms with van der Waals surface area (Å²) in [6, 6.07) is 1.32. The second kappa shape index (κ2) is 5.51. The van der Waals surface area contributed by atoms with Gasteiger partial charge in [-0.15, -0.1) is 0 Å². The Bertz CT molecular complexity index is 773. The first-order chi connectivity index (χ1) is 10.4. The van der Waals surface area contributed by atoms with Crippen LogP contribution in [-0.4, -0.2) is 27.7 Å². The van der Waals surface area contributed by atoms with Gasteiger partial charge in [0.05, 0.1) is 11.7 Å². The van der Waals surface area contributed by atoms with Crippen molar-refractivity contribution in [3.05, 3.63) is 30.0 Å². The summed E-state index contributed by atoms with van der Waals surface area (Å²) in [5.41, 5.74) is 0.696. The van der Waals surface area contributed by atoms with E-state index in [1.807, 2.05) is 24.7 Å². The Kier molecular flexibility index (Phi) is 3.82. The van der Waals surface area contributed by atoms with E-state index in [1.54, 1.807) is 19.2 Å². The molecule has 0 saturated heterocycles. The number of nitrogens with zero attached hydrogens (tertiary/aromatic N) is 4. The molecular formula is C14H21N5O2S. The zero-order chi connectivity index (χ0) is 15.9. The van der Waals surface area contributed by atoms with Crippen LogP contribution >= 0.6 is 0 Å². The maximum atomic E-state index is 12.8. The molecule has 1 unspecified atom stereocenters. The van der Waals surface area contributed by atoms with Crippen LogP contribution in [0.4, 0.5) is 0 Å². The van der Waals surface area contributed by atoms with Crippen molar-refractivity contribution in [1.29, 1.82) is 0 Å². The molecule has 8 heteroatoms. The van der Waals surface area contributed by atoms with E-state index < -0.39 is 10.0 Å². The minimum atomic E-state index is -3.63. The Balaban J connectivity index is 1.93. The molecule has 2 aromatic heterocycles. The van der Waals surface area contributed by atoms with Crippen LogP contribution in [-0.2, 0) is 23.6 Å². The van der Waals surface area contributed by atoms with Gasteiger partial charge in [0.25, 0.3) is 10.0 Å². The summed E-state index contributed by atoms with van der Waals surface area (Å²) < 4.78 is 31.7. The first kappa shape index (κ1) is 15.2. The van der Waals surface area contributed by atoms with Gasteiger partial charge in [0.15, 0.2) is 5.03 Å². The molecular weight excluding hydrogens is 302 g/mol. The fourth-order valence-electron chi connectivity index (χ4n) is 2.66. The van der Waals surface area contributed by atoms with Crippen LogP contribution in [0.5, 0.6) is 0 Å². The summed E-state index contributed by atoms with van der Waals surface area (Å²) in [5, 5.41) is 4.44. The molecule has 120 valence electrons. The summed E-state index contributed by atoms with van der Waals surface area (Å²) >= 11 is 0. The van der Waals surface area contributed by atoms with Crippen LogP contribution in [0.15, 0.2) is 23.5 Å². The van der Waals surface area contributed by atoms with Gasteiger partial charge >= 0.3 is 0 Å². The summed E-state index contributed by atoms with van der Waals surface area (Å²) in [7, 11) is -1.75. The van der Waals surface area contributed by atoms with E-state index in [1.165, 1.54) is 4.68 Å². The zero-order valence-electron chi connectivity index (χ0n) is 13.0. The maximum Gasteiger partial charge on any atom is 0.258 e. The smallest absolute Gasteiger partial charge is 0.258 e. The number of nitrogens with one attached hydrogen (secondary N) is 1. The number of aryl methyl sites for hydroxylation is 3. The van der Waals surface area contributed by atoms with Crippen LogP contribution in [0.25, 0.3) is 0 Å². The van der Waals surface area contributed by atoms with Gasteiger partial charge in [-0.2, -0.15) is 9.82 Å². The van der Waals surface area contributed by atoms with Gasteiger partial charge in [-0.25, -0.2) is 13.4 Å². The normalized spacial score (nSPS) is 16.9. The number of rotatable bonds is 6. The Labute approximate surface area is 130 Å². The van der Waals surface area contributed by atoms with Crippen LogP contribution < -0.4 is 4.72 Å². The van der Waals surface area contributed by atoms with Gasteiger partial charge in [-0.1, -0.05) is 0 Å². The summed E-state index contributed by atoms with van der Waals surface area (Å²) in [6.07, 6.45) is 5.57. The predicted molar refractivity (Wildman–Crippen MR) is 81.6 cm³/mol. The minimum Gasteiger partial charge on any atom is -0.337 e. The zero-order valence-corrected chi connectivity index (χ0v) is 13.8. The average Bonchev–Trinajstić information content (AvgIpc) is 3.10. The summed E-state index contributed by atoms with van der Waals surface area (Å²) in [5.74, 6) is 1.07. The van der Waals surface area contributed by atoms with E-state index in [0.29, 0.717) is 18.2 Å². The first-order valence-electron chi connectivity index (χ1n) is 7.46. The molecule has 0 aliphatic heterocycles. The minimum absolute atomic E-state index is 0.215. The van der Waals surface area contributed by atoms with Crippen molar-refractivity contribution in [3.8, 4) is 0 Å². The van der Waals surface area contributed by atoms with Crippen molar-refractivity contribution in [2.75, 3.05) is 0 Å². The molecule has 3 rings (SSSR count). The molecule has 22 heavy (non-hydrogen) atoms. The predicted octanol–water partition coefficient (Wildman–Crippen LogP) is 1.37. The van der Waals surface area contributed by atoms with Gasteiger partial charge < -0.3 is 4.57 Å². The molecule has 0 radical (unpaired) electrons.